The molecule has 0 heterocycles. The van der Waals surface area contributed by atoms with Gasteiger partial charge >= 0.3 is 0 Å². The second-order valence-electron chi connectivity index (χ2n) is 12.0. The van der Waals surface area contributed by atoms with Crippen molar-refractivity contribution in [2.45, 2.75) is 67.5 Å². The minimum Gasteiger partial charge on any atom is -0.279 e. The van der Waals surface area contributed by atoms with Crippen molar-refractivity contribution in [1.82, 2.24) is 0 Å². The summed E-state index contributed by atoms with van der Waals surface area (Å²) >= 11 is 4.14. The summed E-state index contributed by atoms with van der Waals surface area (Å²) in [5.41, 5.74) is 0. The lowest BCUT2D eigenvalue weighted by atomic mass is 9.89. The predicted molar refractivity (Wildman–Crippen MR) is 165 cm³/mol. The Morgan fingerprint density at radius 1 is 0.486 bits per heavy atom. The Hall–Kier alpha value is -2.52. The highest BCUT2D eigenvalue weighted by Crippen LogP contribution is 2.41. The molecule has 0 saturated carbocycles. The molecule has 0 bridgehead atoms. The summed E-state index contributed by atoms with van der Waals surface area (Å²) in [5, 5.41) is 12.3. The molecule has 0 unspecified atom stereocenters. The lowest BCUT2D eigenvalue weighted by molar-refractivity contribution is 0.376. The van der Waals surface area contributed by atoms with Crippen molar-refractivity contribution in [2.24, 2.45) is 33.7 Å². The van der Waals surface area contributed by atoms with Gasteiger partial charge in [0.25, 0.3) is 0 Å². The highest BCUT2D eigenvalue weighted by molar-refractivity contribution is 9.10. The highest BCUT2D eigenvalue weighted by atomic mass is 79.9. The molecule has 0 saturated heterocycles. The molecule has 0 aliphatic carbocycles. The zero-order chi connectivity index (χ0) is 26.6. The molecule has 0 N–H and O–H groups in total. The first kappa shape index (κ1) is 26.1. The highest BCUT2D eigenvalue weighted by Gasteiger charge is 2.23. The number of benzene rings is 5. The fourth-order valence-electron chi connectivity index (χ4n) is 6.41. The molecule has 37 heavy (non-hydrogen) atoms. The molecule has 2 nitrogen and oxygen atoms in total. The molecular weight excluding hydrogens is 516 g/mol. The summed E-state index contributed by atoms with van der Waals surface area (Å²) in [6.45, 7) is 18.3. The summed E-state index contributed by atoms with van der Waals surface area (Å²) in [6.07, 6.45) is 0. The third-order valence-corrected chi connectivity index (χ3v) is 8.75. The van der Waals surface area contributed by atoms with Crippen LogP contribution in [-0.2, 0) is 0 Å². The maximum atomic E-state index is 5.54. The van der Waals surface area contributed by atoms with Gasteiger partial charge in [0.15, 0.2) is 0 Å². The molecule has 5 rings (SSSR count). The number of fused-ring (bicyclic) bond motifs is 2. The Morgan fingerprint density at radius 3 is 1.46 bits per heavy atom. The Morgan fingerprint density at radius 2 is 0.919 bits per heavy atom. The largest absolute Gasteiger partial charge is 0.279 e. The van der Waals surface area contributed by atoms with Gasteiger partial charge in [0.05, 0.1) is 27.3 Å². The zero-order valence-corrected chi connectivity index (χ0v) is 25.0. The van der Waals surface area contributed by atoms with Gasteiger partial charge in [-0.1, -0.05) is 110 Å². The fraction of sp³-hybridized carbons (Fsp3) is 0.412. The third-order valence-electron chi connectivity index (χ3n) is 7.97. The minimum atomic E-state index is 0.210. The predicted octanol–water partition coefficient (Wildman–Crippen LogP) is 9.10. The van der Waals surface area contributed by atoms with Crippen molar-refractivity contribution in [3.63, 3.8) is 0 Å². The van der Waals surface area contributed by atoms with E-state index in [0.717, 1.165) is 15.2 Å². The van der Waals surface area contributed by atoms with E-state index in [9.17, 15) is 0 Å². The van der Waals surface area contributed by atoms with Crippen molar-refractivity contribution in [3.05, 3.63) is 69.8 Å². The van der Waals surface area contributed by atoms with Crippen molar-refractivity contribution in [1.29, 1.82) is 0 Å². The van der Waals surface area contributed by atoms with Gasteiger partial charge in [-0.15, -0.1) is 0 Å². The topological polar surface area (TPSA) is 24.7 Å². The average Bonchev–Trinajstić information content (AvgIpc) is 2.84. The standard InChI is InChI=1S/C34H39BrN2/c1-18(2)31(19(3)4)36-33-26-17-11-15-24-23-14-9-12-22-13-10-16-25(27(22)23)29(28(24)26)30(35)34(33)37-32(20(5)6)21(7)8/h9-21,31-32H,1-8H3. The number of hydrogen-bond acceptors (Lipinski definition) is 2. The van der Waals surface area contributed by atoms with Crippen LogP contribution in [0.5, 0.6) is 0 Å². The molecule has 192 valence electrons. The normalized spacial score (nSPS) is 14.2. The minimum absolute atomic E-state index is 0.210. The maximum Gasteiger partial charge on any atom is 0.0984 e. The number of rotatable bonds is 6. The molecule has 0 aliphatic rings. The summed E-state index contributed by atoms with van der Waals surface area (Å²) < 4.78 is 1.07. The molecule has 0 radical (unpaired) electrons. The van der Waals surface area contributed by atoms with E-state index in [0.29, 0.717) is 23.7 Å². The summed E-state index contributed by atoms with van der Waals surface area (Å²) in [5.74, 6) is 1.76. The number of nitrogens with zero attached hydrogens (tertiary/aromatic N) is 2. The summed E-state index contributed by atoms with van der Waals surface area (Å²) in [6, 6.07) is 20.5. The quantitative estimate of drug-likeness (QED) is 0.147. The molecule has 0 fully saturated rings. The second kappa shape index (κ2) is 9.98. The van der Waals surface area contributed by atoms with Crippen LogP contribution in [0.3, 0.4) is 0 Å². The van der Waals surface area contributed by atoms with E-state index in [1.54, 1.807) is 0 Å². The van der Waals surface area contributed by atoms with Crippen LogP contribution in [0.4, 0.5) is 0 Å². The lowest BCUT2D eigenvalue weighted by Gasteiger charge is -2.23. The van der Waals surface area contributed by atoms with Gasteiger partial charge in [0.2, 0.25) is 0 Å². The number of hydrogen-bond donors (Lipinski definition) is 0. The van der Waals surface area contributed by atoms with E-state index in [1.165, 1.54) is 43.1 Å². The monoisotopic (exact) mass is 554 g/mol. The molecular formula is C34H39BrN2. The Bertz CT molecular complexity index is 1690. The first-order chi connectivity index (χ1) is 17.6. The van der Waals surface area contributed by atoms with E-state index in [4.69, 9.17) is 9.98 Å². The van der Waals surface area contributed by atoms with Crippen molar-refractivity contribution < 1.29 is 0 Å². The molecule has 5 aromatic rings. The second-order valence-corrected chi connectivity index (χ2v) is 12.8. The number of halogens is 1. The molecule has 0 amide bonds. The van der Waals surface area contributed by atoms with Gasteiger partial charge in [0.1, 0.15) is 0 Å². The van der Waals surface area contributed by atoms with E-state index >= 15 is 0 Å². The zero-order valence-electron chi connectivity index (χ0n) is 23.4. The Balaban J connectivity index is 2.11. The van der Waals surface area contributed by atoms with Crippen LogP contribution in [0, 0.1) is 23.7 Å². The van der Waals surface area contributed by atoms with E-state index in [1.807, 2.05) is 0 Å². The summed E-state index contributed by atoms with van der Waals surface area (Å²) in [7, 11) is 0. The van der Waals surface area contributed by atoms with Gasteiger partial charge in [-0.05, 0) is 66.5 Å². The molecule has 3 heteroatoms. The molecule has 0 spiro atoms. The van der Waals surface area contributed by atoms with Gasteiger partial charge < -0.3 is 0 Å². The SMILES string of the molecule is CC(C)C(N=c1c(Br)c2c3cccc4cccc(c5cccc(c1=NC(C(C)C)C(C)C)c52)c43)C(C)C. The molecule has 5 aromatic carbocycles. The van der Waals surface area contributed by atoms with Crippen molar-refractivity contribution in [3.8, 4) is 0 Å². The van der Waals surface area contributed by atoms with Gasteiger partial charge in [-0.25, -0.2) is 0 Å². The smallest absolute Gasteiger partial charge is 0.0984 e. The Kier molecular flexibility index (Phi) is 7.04. The summed E-state index contributed by atoms with van der Waals surface area (Å²) in [4.78, 5) is 11.1. The van der Waals surface area contributed by atoms with Crippen LogP contribution in [0.15, 0.2) is 69.1 Å². The maximum absolute atomic E-state index is 5.54. The van der Waals surface area contributed by atoms with Crippen LogP contribution in [-0.4, -0.2) is 12.1 Å². The van der Waals surface area contributed by atoms with Gasteiger partial charge in [0, 0.05) is 16.2 Å². The van der Waals surface area contributed by atoms with Gasteiger partial charge in [-0.3, -0.25) is 9.98 Å². The first-order valence-electron chi connectivity index (χ1n) is 13.8. The average molecular weight is 556 g/mol. The van der Waals surface area contributed by atoms with Gasteiger partial charge in [-0.2, -0.15) is 0 Å². The van der Waals surface area contributed by atoms with Crippen LogP contribution >= 0.6 is 15.9 Å². The third kappa shape index (κ3) is 4.34. The van der Waals surface area contributed by atoms with Crippen molar-refractivity contribution in [2.75, 3.05) is 0 Å². The van der Waals surface area contributed by atoms with Crippen LogP contribution < -0.4 is 10.7 Å². The molecule has 0 aliphatic heterocycles. The van der Waals surface area contributed by atoms with E-state index in [2.05, 4.69) is 126 Å². The first-order valence-corrected chi connectivity index (χ1v) is 14.6. The molecule has 0 atom stereocenters. The van der Waals surface area contributed by atoms with Crippen LogP contribution in [0.1, 0.15) is 55.4 Å². The lowest BCUT2D eigenvalue weighted by Crippen LogP contribution is -2.36. The van der Waals surface area contributed by atoms with Crippen molar-refractivity contribution >= 4 is 59.0 Å². The van der Waals surface area contributed by atoms with Crippen LogP contribution in [0.2, 0.25) is 0 Å². The van der Waals surface area contributed by atoms with E-state index < -0.39 is 0 Å². The van der Waals surface area contributed by atoms with Crippen LogP contribution in [0.25, 0.3) is 43.1 Å². The molecule has 0 aromatic heterocycles. The Labute approximate surface area is 229 Å². The fourth-order valence-corrected chi connectivity index (χ4v) is 7.11. The van der Waals surface area contributed by atoms with E-state index in [-0.39, 0.29) is 12.1 Å².